The first-order valence-corrected chi connectivity index (χ1v) is 9.75. The molecule has 7 N–H and O–H groups in total. The van der Waals surface area contributed by atoms with Gasteiger partial charge in [-0.2, -0.15) is 0 Å². The first-order chi connectivity index (χ1) is 14.8. The van der Waals surface area contributed by atoms with Crippen molar-refractivity contribution in [3.05, 3.63) is 47.5 Å². The normalized spacial score (nSPS) is 32.8. The molecule has 0 aliphatic carbocycles. The predicted molar refractivity (Wildman–Crippen MR) is 104 cm³/mol. The van der Waals surface area contributed by atoms with Gasteiger partial charge in [0.2, 0.25) is 0 Å². The summed E-state index contributed by atoms with van der Waals surface area (Å²) in [6.45, 7) is -0.601. The van der Waals surface area contributed by atoms with E-state index < -0.39 is 49.5 Å². The number of phenols is 3. The number of phenolic OH excluding ortho intramolecular Hbond substituents is 3. The Hall–Kier alpha value is -2.60. The summed E-state index contributed by atoms with van der Waals surface area (Å²) >= 11 is 0. The maximum absolute atomic E-state index is 10.3. The van der Waals surface area contributed by atoms with Crippen LogP contribution in [0, 0.1) is 0 Å². The van der Waals surface area contributed by atoms with Crippen LogP contribution in [0.5, 0.6) is 23.0 Å². The van der Waals surface area contributed by atoms with Gasteiger partial charge in [0.1, 0.15) is 53.5 Å². The van der Waals surface area contributed by atoms with E-state index in [-0.39, 0.29) is 29.4 Å². The van der Waals surface area contributed by atoms with Crippen molar-refractivity contribution in [2.24, 2.45) is 0 Å². The highest BCUT2D eigenvalue weighted by Gasteiger charge is 2.46. The molecule has 2 aliphatic heterocycles. The summed E-state index contributed by atoms with van der Waals surface area (Å²) in [5.74, 6) is -0.110. The van der Waals surface area contributed by atoms with Gasteiger partial charge in [0.05, 0.1) is 6.61 Å². The number of hydrogen-bond donors (Lipinski definition) is 7. The fourth-order valence-electron chi connectivity index (χ4n) is 3.87. The molecule has 10 heteroatoms. The molecule has 168 valence electrons. The largest absolute Gasteiger partial charge is 0.508 e. The molecule has 7 atom stereocenters. The fraction of sp³-hybridized carbons (Fsp3) is 0.429. The highest BCUT2D eigenvalue weighted by molar-refractivity contribution is 5.51. The Morgan fingerprint density at radius 2 is 1.61 bits per heavy atom. The quantitative estimate of drug-likeness (QED) is 0.337. The van der Waals surface area contributed by atoms with E-state index in [1.54, 1.807) is 12.1 Å². The molecule has 2 aromatic carbocycles. The molecule has 0 bridgehead atoms. The van der Waals surface area contributed by atoms with Crippen molar-refractivity contribution in [2.45, 2.75) is 49.3 Å². The van der Waals surface area contributed by atoms with Gasteiger partial charge in [0.25, 0.3) is 0 Å². The molecule has 2 heterocycles. The van der Waals surface area contributed by atoms with Crippen molar-refractivity contribution in [3.63, 3.8) is 0 Å². The summed E-state index contributed by atoms with van der Waals surface area (Å²) in [5, 5.41) is 69.4. The minimum Gasteiger partial charge on any atom is -0.508 e. The Morgan fingerprint density at radius 1 is 0.903 bits per heavy atom. The zero-order valence-corrected chi connectivity index (χ0v) is 16.3. The van der Waals surface area contributed by atoms with Crippen LogP contribution in [0.3, 0.4) is 0 Å². The van der Waals surface area contributed by atoms with Crippen molar-refractivity contribution in [2.75, 3.05) is 6.61 Å². The number of ether oxygens (including phenoxy) is 3. The average Bonchev–Trinajstić information content (AvgIpc) is 2.74. The molecule has 0 radical (unpaired) electrons. The zero-order chi connectivity index (χ0) is 22.3. The van der Waals surface area contributed by atoms with Crippen molar-refractivity contribution in [1.82, 2.24) is 0 Å². The van der Waals surface area contributed by atoms with Crippen molar-refractivity contribution in [1.29, 1.82) is 0 Å². The maximum Gasteiger partial charge on any atom is 0.187 e. The summed E-state index contributed by atoms with van der Waals surface area (Å²) < 4.78 is 17.3. The van der Waals surface area contributed by atoms with E-state index in [9.17, 15) is 35.7 Å². The van der Waals surface area contributed by atoms with Gasteiger partial charge in [-0.15, -0.1) is 0 Å². The van der Waals surface area contributed by atoms with Gasteiger partial charge in [0, 0.05) is 24.1 Å². The second-order valence-electron chi connectivity index (χ2n) is 7.65. The monoisotopic (exact) mass is 436 g/mol. The molecular formula is C21H24O10. The molecule has 4 rings (SSSR count). The maximum atomic E-state index is 10.3. The Kier molecular flexibility index (Phi) is 5.93. The predicted octanol–water partition coefficient (Wildman–Crippen LogP) is -0.335. The molecule has 31 heavy (non-hydrogen) atoms. The van der Waals surface area contributed by atoms with Crippen LogP contribution in [0.4, 0.5) is 0 Å². The lowest BCUT2D eigenvalue weighted by Gasteiger charge is -2.43. The highest BCUT2D eigenvalue weighted by Crippen LogP contribution is 2.43. The lowest BCUT2D eigenvalue weighted by molar-refractivity contribution is -0.317. The zero-order valence-electron chi connectivity index (χ0n) is 16.3. The van der Waals surface area contributed by atoms with E-state index in [1.165, 1.54) is 18.2 Å². The van der Waals surface area contributed by atoms with E-state index in [1.807, 2.05) is 0 Å². The summed E-state index contributed by atoms with van der Waals surface area (Å²) in [7, 11) is 0. The smallest absolute Gasteiger partial charge is 0.187 e. The summed E-state index contributed by atoms with van der Waals surface area (Å²) in [4.78, 5) is 0. The van der Waals surface area contributed by atoms with E-state index in [0.29, 0.717) is 11.1 Å². The van der Waals surface area contributed by atoms with Crippen molar-refractivity contribution in [3.8, 4) is 23.0 Å². The van der Waals surface area contributed by atoms with Gasteiger partial charge in [-0.05, 0) is 17.7 Å². The Bertz CT molecular complexity index is 915. The van der Waals surface area contributed by atoms with Crippen LogP contribution in [-0.4, -0.2) is 79.2 Å². The molecule has 0 saturated carbocycles. The number of fused-ring (bicyclic) bond motifs is 1. The van der Waals surface area contributed by atoms with Crippen LogP contribution in [0.25, 0.3) is 0 Å². The van der Waals surface area contributed by atoms with Crippen LogP contribution < -0.4 is 4.74 Å². The van der Waals surface area contributed by atoms with Gasteiger partial charge < -0.3 is 50.0 Å². The van der Waals surface area contributed by atoms with E-state index in [2.05, 4.69) is 0 Å². The van der Waals surface area contributed by atoms with Crippen LogP contribution in [0.1, 0.15) is 17.2 Å². The van der Waals surface area contributed by atoms with Crippen LogP contribution in [0.15, 0.2) is 36.4 Å². The molecule has 1 saturated heterocycles. The molecule has 2 aliphatic rings. The number of benzene rings is 2. The van der Waals surface area contributed by atoms with Gasteiger partial charge in [-0.3, -0.25) is 0 Å². The van der Waals surface area contributed by atoms with Crippen LogP contribution in [0.2, 0.25) is 0 Å². The molecule has 1 fully saturated rings. The SMILES string of the molecule is OC[C@H]1O[C@@H](O[C@@H]2Cc3c(O)cc(O)cc3O[C@@H]2c2ccc(O)cc2)[C@H](O)[C@@H](O)[C@@H]1O. The summed E-state index contributed by atoms with van der Waals surface area (Å²) in [6, 6.07) is 8.65. The Balaban J connectivity index is 1.66. The lowest BCUT2D eigenvalue weighted by atomic mass is 9.93. The molecule has 0 unspecified atom stereocenters. The third-order valence-electron chi connectivity index (χ3n) is 5.55. The minimum atomic E-state index is -1.61. The first-order valence-electron chi connectivity index (χ1n) is 9.75. The van der Waals surface area contributed by atoms with Gasteiger partial charge in [-0.25, -0.2) is 0 Å². The standard InChI is InChI=1S/C21H24O10/c22-8-16-17(26)18(27)19(28)21(31-16)30-15-7-12-13(25)5-11(24)6-14(12)29-20(15)9-1-3-10(23)4-2-9/h1-6,15-28H,7-8H2/t15-,16-,17-,18+,19-,20-,21-/m1/s1. The van der Waals surface area contributed by atoms with Gasteiger partial charge in [-0.1, -0.05) is 12.1 Å². The Labute approximate surface area is 177 Å². The third-order valence-corrected chi connectivity index (χ3v) is 5.55. The number of hydrogen-bond acceptors (Lipinski definition) is 10. The van der Waals surface area contributed by atoms with Crippen molar-refractivity contribution >= 4 is 0 Å². The summed E-state index contributed by atoms with van der Waals surface area (Å²) in [6.07, 6.45) is -8.80. The summed E-state index contributed by atoms with van der Waals surface area (Å²) in [5.41, 5.74) is 0.961. The van der Waals surface area contributed by atoms with Gasteiger partial charge >= 0.3 is 0 Å². The highest BCUT2D eigenvalue weighted by atomic mass is 16.7. The van der Waals surface area contributed by atoms with Crippen LogP contribution in [-0.2, 0) is 15.9 Å². The number of aliphatic hydroxyl groups is 4. The van der Waals surface area contributed by atoms with Gasteiger partial charge in [0.15, 0.2) is 12.4 Å². The molecule has 0 aromatic heterocycles. The second-order valence-corrected chi connectivity index (χ2v) is 7.65. The lowest BCUT2D eigenvalue weighted by Crippen LogP contribution is -2.60. The number of aliphatic hydroxyl groups excluding tert-OH is 4. The number of rotatable bonds is 4. The molecule has 0 spiro atoms. The topological polar surface area (TPSA) is 169 Å². The van der Waals surface area contributed by atoms with E-state index in [4.69, 9.17) is 14.2 Å². The minimum absolute atomic E-state index is 0.0432. The molecule has 0 amide bonds. The van der Waals surface area contributed by atoms with E-state index >= 15 is 0 Å². The van der Waals surface area contributed by atoms with E-state index in [0.717, 1.165) is 6.07 Å². The average molecular weight is 436 g/mol. The molecular weight excluding hydrogens is 412 g/mol. The fourth-order valence-corrected chi connectivity index (χ4v) is 3.87. The molecule has 2 aromatic rings. The second kappa shape index (κ2) is 8.50. The number of aromatic hydroxyl groups is 3. The van der Waals surface area contributed by atoms with Crippen LogP contribution >= 0.6 is 0 Å². The van der Waals surface area contributed by atoms with Crippen molar-refractivity contribution < 1.29 is 50.0 Å². The first kappa shape index (κ1) is 21.6. The third kappa shape index (κ3) is 4.13. The molecule has 10 nitrogen and oxygen atoms in total. The Morgan fingerprint density at radius 3 is 2.29 bits per heavy atom.